The second kappa shape index (κ2) is 4.18. The van der Waals surface area contributed by atoms with Crippen LogP contribution in [-0.2, 0) is 0 Å². The van der Waals surface area contributed by atoms with Gasteiger partial charge in [0.15, 0.2) is 0 Å². The van der Waals surface area contributed by atoms with Crippen LogP contribution >= 0.6 is 11.3 Å². The maximum absolute atomic E-state index is 11.2. The zero-order valence-electron chi connectivity index (χ0n) is 6.78. The topological polar surface area (TPSA) is 68.0 Å². The molecular formula is C7H11N3OS. The first kappa shape index (κ1) is 9.15. The molecule has 0 saturated carbocycles. The van der Waals surface area contributed by atoms with Crippen LogP contribution in [0.25, 0.3) is 0 Å². The average molecular weight is 185 g/mol. The number of carbonyl (C=O) groups excluding carboxylic acids is 1. The van der Waals surface area contributed by atoms with Crippen molar-refractivity contribution in [3.8, 4) is 0 Å². The Kier molecular flexibility index (Phi) is 3.19. The lowest BCUT2D eigenvalue weighted by Crippen LogP contribution is -2.34. The zero-order chi connectivity index (χ0) is 8.97. The van der Waals surface area contributed by atoms with Crippen LogP contribution in [0.5, 0.6) is 0 Å². The van der Waals surface area contributed by atoms with Crippen LogP contribution in [0.3, 0.4) is 0 Å². The van der Waals surface area contributed by atoms with Crippen LogP contribution in [0.15, 0.2) is 11.7 Å². The quantitative estimate of drug-likeness (QED) is 0.708. The van der Waals surface area contributed by atoms with Crippen molar-refractivity contribution in [2.75, 3.05) is 6.54 Å². The van der Waals surface area contributed by atoms with E-state index in [1.54, 1.807) is 11.7 Å². The normalized spacial score (nSPS) is 12.5. The molecule has 5 heteroatoms. The second-order valence-corrected chi connectivity index (χ2v) is 3.44. The van der Waals surface area contributed by atoms with Crippen LogP contribution in [0.1, 0.15) is 16.6 Å². The monoisotopic (exact) mass is 185 g/mol. The predicted octanol–water partition coefficient (Wildman–Crippen LogP) is 0.220. The van der Waals surface area contributed by atoms with E-state index in [0.717, 1.165) is 0 Å². The van der Waals surface area contributed by atoms with Gasteiger partial charge in [-0.05, 0) is 6.92 Å². The molecule has 1 heterocycles. The molecule has 1 atom stereocenters. The molecule has 0 aliphatic carbocycles. The molecular weight excluding hydrogens is 174 g/mol. The lowest BCUT2D eigenvalue weighted by atomic mass is 10.3. The number of thiazole rings is 1. The van der Waals surface area contributed by atoms with Crippen LogP contribution in [0, 0.1) is 0 Å². The number of nitrogens with two attached hydrogens (primary N) is 1. The van der Waals surface area contributed by atoms with E-state index in [1.807, 2.05) is 6.92 Å². The molecule has 1 unspecified atom stereocenters. The molecule has 1 aromatic heterocycles. The number of nitrogens with zero attached hydrogens (tertiary/aromatic N) is 1. The van der Waals surface area contributed by atoms with Crippen molar-refractivity contribution < 1.29 is 4.79 Å². The molecule has 3 N–H and O–H groups in total. The largest absolute Gasteiger partial charge is 0.350 e. The fraction of sp³-hybridized carbons (Fsp3) is 0.429. The third-order valence-electron chi connectivity index (χ3n) is 1.24. The highest BCUT2D eigenvalue weighted by Crippen LogP contribution is 2.03. The molecule has 0 bridgehead atoms. The standard InChI is InChI=1S/C7H11N3OS/c1-5(8)2-10-7(11)6-3-9-4-12-6/h3-5H,2,8H2,1H3,(H,10,11). The van der Waals surface area contributed by atoms with Gasteiger partial charge in [-0.3, -0.25) is 9.78 Å². The minimum atomic E-state index is -0.102. The predicted molar refractivity (Wildman–Crippen MR) is 48.1 cm³/mol. The molecule has 12 heavy (non-hydrogen) atoms. The molecule has 1 amide bonds. The molecule has 0 aromatic carbocycles. The van der Waals surface area contributed by atoms with Crippen molar-refractivity contribution in [1.82, 2.24) is 10.3 Å². The number of hydrogen-bond donors (Lipinski definition) is 2. The van der Waals surface area contributed by atoms with E-state index in [0.29, 0.717) is 11.4 Å². The third kappa shape index (κ3) is 2.60. The van der Waals surface area contributed by atoms with Crippen molar-refractivity contribution >= 4 is 17.2 Å². The summed E-state index contributed by atoms with van der Waals surface area (Å²) in [7, 11) is 0. The molecule has 0 fully saturated rings. The Morgan fingerprint density at radius 1 is 1.92 bits per heavy atom. The maximum Gasteiger partial charge on any atom is 0.263 e. The molecule has 0 saturated heterocycles. The summed E-state index contributed by atoms with van der Waals surface area (Å²) >= 11 is 1.32. The number of carbonyl (C=O) groups is 1. The Morgan fingerprint density at radius 2 is 2.67 bits per heavy atom. The van der Waals surface area contributed by atoms with Gasteiger partial charge < -0.3 is 11.1 Å². The van der Waals surface area contributed by atoms with Crippen LogP contribution in [0.2, 0.25) is 0 Å². The number of hydrogen-bond acceptors (Lipinski definition) is 4. The summed E-state index contributed by atoms with van der Waals surface area (Å²) in [6, 6.07) is -0.0122. The van der Waals surface area contributed by atoms with Gasteiger partial charge in [0.2, 0.25) is 0 Å². The van der Waals surface area contributed by atoms with E-state index in [-0.39, 0.29) is 11.9 Å². The molecule has 0 aliphatic heterocycles. The maximum atomic E-state index is 11.2. The van der Waals surface area contributed by atoms with Gasteiger partial charge in [0.1, 0.15) is 4.88 Å². The van der Waals surface area contributed by atoms with E-state index in [1.165, 1.54) is 11.3 Å². The van der Waals surface area contributed by atoms with E-state index < -0.39 is 0 Å². The lowest BCUT2D eigenvalue weighted by Gasteiger charge is -2.05. The molecule has 0 aliphatic rings. The Hall–Kier alpha value is -0.940. The first-order chi connectivity index (χ1) is 5.70. The Bertz CT molecular complexity index is 245. The van der Waals surface area contributed by atoms with Gasteiger partial charge in [0.25, 0.3) is 5.91 Å². The summed E-state index contributed by atoms with van der Waals surface area (Å²) in [6.07, 6.45) is 1.54. The number of rotatable bonds is 3. The van der Waals surface area contributed by atoms with Crippen molar-refractivity contribution in [2.45, 2.75) is 13.0 Å². The summed E-state index contributed by atoms with van der Waals surface area (Å²) in [4.78, 5) is 15.6. The molecule has 1 aromatic rings. The van der Waals surface area contributed by atoms with Crippen molar-refractivity contribution in [1.29, 1.82) is 0 Å². The molecule has 4 nitrogen and oxygen atoms in total. The Labute approximate surface area is 74.8 Å². The number of amides is 1. The van der Waals surface area contributed by atoms with Gasteiger partial charge >= 0.3 is 0 Å². The Morgan fingerprint density at radius 3 is 3.17 bits per heavy atom. The van der Waals surface area contributed by atoms with Crippen molar-refractivity contribution in [2.24, 2.45) is 5.73 Å². The summed E-state index contributed by atoms with van der Waals surface area (Å²) in [5.41, 5.74) is 7.09. The molecule has 0 spiro atoms. The molecule has 66 valence electrons. The van der Waals surface area contributed by atoms with Crippen molar-refractivity contribution in [3.63, 3.8) is 0 Å². The summed E-state index contributed by atoms with van der Waals surface area (Å²) in [5.74, 6) is -0.102. The fourth-order valence-electron chi connectivity index (χ4n) is 0.669. The zero-order valence-corrected chi connectivity index (χ0v) is 7.60. The first-order valence-corrected chi connectivity index (χ1v) is 4.50. The molecule has 1 rings (SSSR count). The van der Waals surface area contributed by atoms with E-state index in [9.17, 15) is 4.79 Å². The lowest BCUT2D eigenvalue weighted by molar-refractivity contribution is 0.0955. The number of nitrogens with one attached hydrogen (secondary N) is 1. The van der Waals surface area contributed by atoms with Gasteiger partial charge in [-0.2, -0.15) is 0 Å². The smallest absolute Gasteiger partial charge is 0.263 e. The van der Waals surface area contributed by atoms with Gasteiger partial charge in [0.05, 0.1) is 11.7 Å². The summed E-state index contributed by atoms with van der Waals surface area (Å²) in [5, 5.41) is 2.69. The highest BCUT2D eigenvalue weighted by atomic mass is 32.1. The van der Waals surface area contributed by atoms with Crippen LogP contribution in [-0.4, -0.2) is 23.5 Å². The second-order valence-electron chi connectivity index (χ2n) is 2.55. The minimum Gasteiger partial charge on any atom is -0.350 e. The van der Waals surface area contributed by atoms with E-state index in [4.69, 9.17) is 5.73 Å². The van der Waals surface area contributed by atoms with Crippen LogP contribution in [0.4, 0.5) is 0 Å². The van der Waals surface area contributed by atoms with E-state index in [2.05, 4.69) is 10.3 Å². The van der Waals surface area contributed by atoms with Gasteiger partial charge in [0, 0.05) is 12.6 Å². The first-order valence-electron chi connectivity index (χ1n) is 3.62. The highest BCUT2D eigenvalue weighted by Gasteiger charge is 2.06. The SMILES string of the molecule is CC(N)CNC(=O)c1cncs1. The molecule has 0 radical (unpaired) electrons. The highest BCUT2D eigenvalue weighted by molar-refractivity contribution is 7.11. The average Bonchev–Trinajstić information content (AvgIpc) is 2.51. The van der Waals surface area contributed by atoms with Gasteiger partial charge in [-0.1, -0.05) is 0 Å². The number of aromatic nitrogens is 1. The van der Waals surface area contributed by atoms with Crippen molar-refractivity contribution in [3.05, 3.63) is 16.6 Å². The van der Waals surface area contributed by atoms with Gasteiger partial charge in [-0.15, -0.1) is 11.3 Å². The Balaban J connectivity index is 2.40. The third-order valence-corrected chi connectivity index (χ3v) is 2.01. The fourth-order valence-corrected chi connectivity index (χ4v) is 1.20. The minimum absolute atomic E-state index is 0.0122. The van der Waals surface area contributed by atoms with Gasteiger partial charge in [-0.25, -0.2) is 0 Å². The van der Waals surface area contributed by atoms with E-state index >= 15 is 0 Å². The summed E-state index contributed by atoms with van der Waals surface area (Å²) < 4.78 is 0. The summed E-state index contributed by atoms with van der Waals surface area (Å²) in [6.45, 7) is 2.34. The van der Waals surface area contributed by atoms with Crippen LogP contribution < -0.4 is 11.1 Å².